The van der Waals surface area contributed by atoms with Gasteiger partial charge in [0.2, 0.25) is 0 Å². The standard InChI is InChI=1S/C14H16F2O2/c15-11-1-2-13(16)12(9-11)10-3-5-14(6-4-10)17-7-8-18-14/h1-2,9-10H,3-8H2. The third-order valence-corrected chi connectivity index (χ3v) is 3.96. The Morgan fingerprint density at radius 3 is 2.39 bits per heavy atom. The normalized spacial score (nSPS) is 23.7. The predicted octanol–water partition coefficient (Wildman–Crippen LogP) is 3.37. The van der Waals surface area contributed by atoms with E-state index in [1.54, 1.807) is 0 Å². The van der Waals surface area contributed by atoms with Gasteiger partial charge >= 0.3 is 0 Å². The summed E-state index contributed by atoms with van der Waals surface area (Å²) in [6.45, 7) is 1.28. The topological polar surface area (TPSA) is 18.5 Å². The van der Waals surface area contributed by atoms with Gasteiger partial charge in [-0.25, -0.2) is 8.78 Å². The molecule has 1 aromatic carbocycles. The second-order valence-electron chi connectivity index (χ2n) is 5.05. The zero-order valence-electron chi connectivity index (χ0n) is 10.1. The molecule has 1 aliphatic heterocycles. The molecule has 98 valence electrons. The molecule has 1 saturated carbocycles. The van der Waals surface area contributed by atoms with E-state index >= 15 is 0 Å². The second kappa shape index (κ2) is 4.59. The molecule has 2 nitrogen and oxygen atoms in total. The van der Waals surface area contributed by atoms with E-state index in [9.17, 15) is 8.78 Å². The van der Waals surface area contributed by atoms with Crippen molar-refractivity contribution in [2.45, 2.75) is 37.4 Å². The average molecular weight is 254 g/mol. The highest BCUT2D eigenvalue weighted by molar-refractivity contribution is 5.23. The van der Waals surface area contributed by atoms with Gasteiger partial charge < -0.3 is 9.47 Å². The fraction of sp³-hybridized carbons (Fsp3) is 0.571. The molecule has 1 aliphatic carbocycles. The smallest absolute Gasteiger partial charge is 0.168 e. The molecule has 18 heavy (non-hydrogen) atoms. The van der Waals surface area contributed by atoms with E-state index in [2.05, 4.69) is 0 Å². The second-order valence-corrected chi connectivity index (χ2v) is 5.05. The fourth-order valence-electron chi connectivity index (χ4n) is 2.98. The van der Waals surface area contributed by atoms with Crippen LogP contribution in [0, 0.1) is 11.6 Å². The van der Waals surface area contributed by atoms with Gasteiger partial charge in [-0.05, 0) is 42.5 Å². The summed E-state index contributed by atoms with van der Waals surface area (Å²) >= 11 is 0. The first-order valence-corrected chi connectivity index (χ1v) is 6.41. The van der Waals surface area contributed by atoms with Gasteiger partial charge in [0.25, 0.3) is 0 Å². The van der Waals surface area contributed by atoms with E-state index in [-0.39, 0.29) is 17.6 Å². The van der Waals surface area contributed by atoms with Gasteiger partial charge in [0, 0.05) is 12.8 Å². The number of hydrogen-bond donors (Lipinski definition) is 0. The van der Waals surface area contributed by atoms with Crippen LogP contribution < -0.4 is 0 Å². The summed E-state index contributed by atoms with van der Waals surface area (Å²) in [5.74, 6) is -1.06. The minimum atomic E-state index is -0.444. The Morgan fingerprint density at radius 2 is 1.72 bits per heavy atom. The van der Waals surface area contributed by atoms with Crippen molar-refractivity contribution in [1.82, 2.24) is 0 Å². The molecule has 2 fully saturated rings. The number of benzene rings is 1. The number of hydrogen-bond acceptors (Lipinski definition) is 2. The van der Waals surface area contributed by atoms with Crippen molar-refractivity contribution >= 4 is 0 Å². The molecular weight excluding hydrogens is 238 g/mol. The molecule has 1 spiro atoms. The third kappa shape index (κ3) is 2.15. The Hall–Kier alpha value is -1.00. The minimum absolute atomic E-state index is 0.0686. The highest BCUT2D eigenvalue weighted by Crippen LogP contribution is 2.42. The number of ether oxygens (including phenoxy) is 2. The van der Waals surface area contributed by atoms with Crippen LogP contribution in [0.1, 0.15) is 37.2 Å². The van der Waals surface area contributed by atoms with Crippen LogP contribution in [-0.4, -0.2) is 19.0 Å². The van der Waals surface area contributed by atoms with Gasteiger partial charge in [0.05, 0.1) is 13.2 Å². The molecule has 0 atom stereocenters. The molecule has 1 heterocycles. The van der Waals surface area contributed by atoms with E-state index < -0.39 is 5.79 Å². The molecule has 2 aliphatic rings. The first-order chi connectivity index (χ1) is 8.69. The van der Waals surface area contributed by atoms with Crippen molar-refractivity contribution in [2.24, 2.45) is 0 Å². The van der Waals surface area contributed by atoms with Crippen molar-refractivity contribution in [3.8, 4) is 0 Å². The van der Waals surface area contributed by atoms with Gasteiger partial charge in [-0.15, -0.1) is 0 Å². The first-order valence-electron chi connectivity index (χ1n) is 6.41. The van der Waals surface area contributed by atoms with Gasteiger partial charge in [-0.2, -0.15) is 0 Å². The lowest BCUT2D eigenvalue weighted by Gasteiger charge is -2.35. The van der Waals surface area contributed by atoms with Crippen LogP contribution in [0.25, 0.3) is 0 Å². The zero-order chi connectivity index (χ0) is 12.6. The summed E-state index contributed by atoms with van der Waals surface area (Å²) in [5.41, 5.74) is 0.489. The summed E-state index contributed by atoms with van der Waals surface area (Å²) in [7, 11) is 0. The lowest BCUT2D eigenvalue weighted by Crippen LogP contribution is -2.34. The molecular formula is C14H16F2O2. The van der Waals surface area contributed by atoms with Crippen LogP contribution in [-0.2, 0) is 9.47 Å². The Bertz CT molecular complexity index is 431. The SMILES string of the molecule is Fc1ccc(F)c(C2CCC3(CC2)OCCO3)c1. The fourth-order valence-corrected chi connectivity index (χ4v) is 2.98. The van der Waals surface area contributed by atoms with Gasteiger partial charge in [-0.1, -0.05) is 0 Å². The highest BCUT2D eigenvalue weighted by Gasteiger charge is 2.40. The molecule has 4 heteroatoms. The summed E-state index contributed by atoms with van der Waals surface area (Å²) in [4.78, 5) is 0. The third-order valence-electron chi connectivity index (χ3n) is 3.96. The van der Waals surface area contributed by atoms with Crippen molar-refractivity contribution in [1.29, 1.82) is 0 Å². The average Bonchev–Trinajstić information content (AvgIpc) is 2.82. The molecule has 0 bridgehead atoms. The lowest BCUT2D eigenvalue weighted by atomic mass is 9.81. The summed E-state index contributed by atoms with van der Waals surface area (Å²) in [6, 6.07) is 3.68. The van der Waals surface area contributed by atoms with E-state index in [0.29, 0.717) is 18.8 Å². The van der Waals surface area contributed by atoms with Crippen molar-refractivity contribution in [3.05, 3.63) is 35.4 Å². The molecule has 1 saturated heterocycles. The van der Waals surface area contributed by atoms with Gasteiger partial charge in [0.1, 0.15) is 11.6 Å². The summed E-state index contributed by atoms with van der Waals surface area (Å²) in [5, 5.41) is 0. The highest BCUT2D eigenvalue weighted by atomic mass is 19.1. The molecule has 0 radical (unpaired) electrons. The molecule has 0 unspecified atom stereocenters. The maximum Gasteiger partial charge on any atom is 0.168 e. The van der Waals surface area contributed by atoms with Crippen LogP contribution in [0.5, 0.6) is 0 Å². The monoisotopic (exact) mass is 254 g/mol. The van der Waals surface area contributed by atoms with Crippen LogP contribution in [0.3, 0.4) is 0 Å². The summed E-state index contributed by atoms with van der Waals surface area (Å²) < 4.78 is 38.1. The molecule has 0 aromatic heterocycles. The van der Waals surface area contributed by atoms with E-state index in [1.165, 1.54) is 12.1 Å². The maximum absolute atomic E-state index is 13.7. The Morgan fingerprint density at radius 1 is 1.06 bits per heavy atom. The Labute approximate surface area is 105 Å². The van der Waals surface area contributed by atoms with Crippen molar-refractivity contribution in [3.63, 3.8) is 0 Å². The number of rotatable bonds is 1. The van der Waals surface area contributed by atoms with Gasteiger partial charge in [-0.3, -0.25) is 0 Å². The predicted molar refractivity (Wildman–Crippen MR) is 62.2 cm³/mol. The maximum atomic E-state index is 13.7. The van der Waals surface area contributed by atoms with E-state index in [4.69, 9.17) is 9.47 Å². The van der Waals surface area contributed by atoms with Crippen LogP contribution in [0.15, 0.2) is 18.2 Å². The van der Waals surface area contributed by atoms with Crippen molar-refractivity contribution < 1.29 is 18.3 Å². The zero-order valence-corrected chi connectivity index (χ0v) is 10.1. The number of halogens is 2. The summed E-state index contributed by atoms with van der Waals surface area (Å²) in [6.07, 6.45) is 3.07. The first kappa shape index (κ1) is 12.1. The van der Waals surface area contributed by atoms with E-state index in [1.807, 2.05) is 0 Å². The van der Waals surface area contributed by atoms with Gasteiger partial charge in [0.15, 0.2) is 5.79 Å². The van der Waals surface area contributed by atoms with Crippen molar-refractivity contribution in [2.75, 3.05) is 13.2 Å². The molecule has 0 N–H and O–H groups in total. The van der Waals surface area contributed by atoms with Crippen LogP contribution in [0.2, 0.25) is 0 Å². The largest absolute Gasteiger partial charge is 0.348 e. The Kier molecular flexibility index (Phi) is 3.08. The van der Waals surface area contributed by atoms with Crippen LogP contribution >= 0.6 is 0 Å². The molecule has 3 rings (SSSR count). The lowest BCUT2D eigenvalue weighted by molar-refractivity contribution is -0.178. The quantitative estimate of drug-likeness (QED) is 0.765. The van der Waals surface area contributed by atoms with Crippen LogP contribution in [0.4, 0.5) is 8.78 Å². The Balaban J connectivity index is 1.74. The molecule has 1 aromatic rings. The van der Waals surface area contributed by atoms with E-state index in [0.717, 1.165) is 31.7 Å². The molecule has 0 amide bonds. The minimum Gasteiger partial charge on any atom is -0.348 e.